The number of hydrogen-bond donors (Lipinski definition) is 3. The van der Waals surface area contributed by atoms with Gasteiger partial charge in [-0.25, -0.2) is 9.48 Å². The summed E-state index contributed by atoms with van der Waals surface area (Å²) in [6.07, 6.45) is 6.82. The maximum atomic E-state index is 12.2. The predicted octanol–water partition coefficient (Wildman–Crippen LogP) is 1.27. The number of nitrogens with two attached hydrogens (primary N) is 1. The number of hydrogen-bond acceptors (Lipinski definition) is 5. The molecule has 1 saturated carbocycles. The van der Waals surface area contributed by atoms with E-state index in [9.17, 15) is 9.59 Å². The fourth-order valence-electron chi connectivity index (χ4n) is 2.63. The Balaban J connectivity index is 2.03. The standard InChI is InChI=1S/C16H24N4O4/c1-11(8-17)10-24-15-7-13(16(22)23)19-20(15)9-14(21)18-12-5-3-2-4-6-12/h7-8,12H,2-6,9-10,17H2,1H3,(H,18,21)(H,22,23)/b11-8+. The third-order valence-corrected chi connectivity index (χ3v) is 3.96. The molecule has 0 saturated heterocycles. The van der Waals surface area contributed by atoms with Crippen molar-refractivity contribution in [2.24, 2.45) is 5.73 Å². The molecule has 1 heterocycles. The molecular weight excluding hydrogens is 312 g/mol. The summed E-state index contributed by atoms with van der Waals surface area (Å²) in [4.78, 5) is 23.3. The zero-order valence-corrected chi connectivity index (χ0v) is 13.8. The van der Waals surface area contributed by atoms with Gasteiger partial charge in [0.2, 0.25) is 11.8 Å². The molecule has 0 bridgehead atoms. The smallest absolute Gasteiger partial charge is 0.356 e. The molecule has 8 heteroatoms. The van der Waals surface area contributed by atoms with Crippen molar-refractivity contribution in [1.29, 1.82) is 0 Å². The van der Waals surface area contributed by atoms with Crippen LogP contribution in [0, 0.1) is 0 Å². The first kappa shape index (κ1) is 17.8. The lowest BCUT2D eigenvalue weighted by atomic mass is 9.95. The maximum Gasteiger partial charge on any atom is 0.356 e. The van der Waals surface area contributed by atoms with Crippen LogP contribution in [0.2, 0.25) is 0 Å². The van der Waals surface area contributed by atoms with Crippen molar-refractivity contribution in [2.45, 2.75) is 51.6 Å². The Hall–Kier alpha value is -2.51. The number of aromatic carboxylic acids is 1. The first-order chi connectivity index (χ1) is 11.5. The van der Waals surface area contributed by atoms with Gasteiger partial charge in [0.05, 0.1) is 0 Å². The van der Waals surface area contributed by atoms with Crippen LogP contribution in [0.5, 0.6) is 5.88 Å². The monoisotopic (exact) mass is 336 g/mol. The molecule has 1 amide bonds. The summed E-state index contributed by atoms with van der Waals surface area (Å²) < 4.78 is 6.79. The molecule has 0 unspecified atom stereocenters. The summed E-state index contributed by atoms with van der Waals surface area (Å²) in [7, 11) is 0. The minimum Gasteiger partial charge on any atom is -0.476 e. The third-order valence-electron chi connectivity index (χ3n) is 3.96. The number of carboxylic acids is 1. The number of amides is 1. The summed E-state index contributed by atoms with van der Waals surface area (Å²) in [5.41, 5.74) is 6.01. The summed E-state index contributed by atoms with van der Waals surface area (Å²) in [6.45, 7) is 1.91. The van der Waals surface area contributed by atoms with Crippen molar-refractivity contribution in [1.82, 2.24) is 15.1 Å². The van der Waals surface area contributed by atoms with Gasteiger partial charge in [-0.3, -0.25) is 4.79 Å². The topological polar surface area (TPSA) is 119 Å². The number of aromatic nitrogens is 2. The number of carbonyl (C=O) groups is 2. The summed E-state index contributed by atoms with van der Waals surface area (Å²) in [5, 5.41) is 16.0. The number of carbonyl (C=O) groups excluding carboxylic acids is 1. The quantitative estimate of drug-likeness (QED) is 0.690. The van der Waals surface area contributed by atoms with Crippen LogP contribution in [0.1, 0.15) is 49.5 Å². The van der Waals surface area contributed by atoms with E-state index >= 15 is 0 Å². The lowest BCUT2D eigenvalue weighted by Gasteiger charge is -2.22. The van der Waals surface area contributed by atoms with Crippen molar-refractivity contribution in [3.05, 3.63) is 23.5 Å². The van der Waals surface area contributed by atoms with E-state index in [1.54, 1.807) is 6.92 Å². The van der Waals surface area contributed by atoms with Gasteiger partial charge in [-0.05, 0) is 31.5 Å². The van der Waals surface area contributed by atoms with E-state index in [0.29, 0.717) is 0 Å². The van der Waals surface area contributed by atoms with Crippen LogP contribution < -0.4 is 15.8 Å². The van der Waals surface area contributed by atoms with Crippen LogP contribution in [0.15, 0.2) is 17.8 Å². The second-order valence-electron chi connectivity index (χ2n) is 6.03. The Bertz CT molecular complexity index is 618. The van der Waals surface area contributed by atoms with Crippen LogP contribution in [-0.2, 0) is 11.3 Å². The third kappa shape index (κ3) is 5.00. The van der Waals surface area contributed by atoms with Crippen LogP contribution in [0.25, 0.3) is 0 Å². The zero-order valence-electron chi connectivity index (χ0n) is 13.8. The van der Waals surface area contributed by atoms with E-state index in [-0.39, 0.29) is 36.7 Å². The lowest BCUT2D eigenvalue weighted by Crippen LogP contribution is -2.38. The number of nitrogens with one attached hydrogen (secondary N) is 1. The number of ether oxygens (including phenoxy) is 1. The minimum absolute atomic E-state index is 0.0789. The SMILES string of the molecule is C/C(=C\N)COc1cc(C(=O)O)nn1CC(=O)NC1CCCCC1. The Morgan fingerprint density at radius 2 is 2.17 bits per heavy atom. The summed E-state index contributed by atoms with van der Waals surface area (Å²) >= 11 is 0. The zero-order chi connectivity index (χ0) is 17.5. The Kier molecular flexibility index (Phi) is 6.22. The number of carboxylic acid groups (broad SMARTS) is 1. The Morgan fingerprint density at radius 1 is 1.46 bits per heavy atom. The predicted molar refractivity (Wildman–Crippen MR) is 87.6 cm³/mol. The summed E-state index contributed by atoms with van der Waals surface area (Å²) in [5.74, 6) is -1.14. The molecular formula is C16H24N4O4. The molecule has 132 valence electrons. The van der Waals surface area contributed by atoms with Gasteiger partial charge in [0, 0.05) is 12.1 Å². The first-order valence-corrected chi connectivity index (χ1v) is 8.10. The summed E-state index contributed by atoms with van der Waals surface area (Å²) in [6, 6.07) is 1.49. The van der Waals surface area contributed by atoms with E-state index in [2.05, 4.69) is 10.4 Å². The molecule has 1 fully saturated rings. The Labute approximate surface area is 140 Å². The molecule has 4 N–H and O–H groups in total. The first-order valence-electron chi connectivity index (χ1n) is 8.10. The second kappa shape index (κ2) is 8.37. The van der Waals surface area contributed by atoms with Gasteiger partial charge in [0.25, 0.3) is 0 Å². The molecule has 2 rings (SSSR count). The van der Waals surface area contributed by atoms with E-state index < -0.39 is 5.97 Å². The number of nitrogens with zero attached hydrogens (tertiary/aromatic N) is 2. The normalized spacial score (nSPS) is 16.0. The van der Waals surface area contributed by atoms with E-state index in [4.69, 9.17) is 15.6 Å². The highest BCUT2D eigenvalue weighted by Gasteiger charge is 2.19. The molecule has 1 aromatic rings. The van der Waals surface area contributed by atoms with Gasteiger partial charge in [0.15, 0.2) is 5.69 Å². The molecule has 0 radical (unpaired) electrons. The van der Waals surface area contributed by atoms with E-state index in [1.165, 1.54) is 23.4 Å². The van der Waals surface area contributed by atoms with Gasteiger partial charge in [-0.1, -0.05) is 19.3 Å². The minimum atomic E-state index is -1.17. The second-order valence-corrected chi connectivity index (χ2v) is 6.03. The fourth-order valence-corrected chi connectivity index (χ4v) is 2.63. The van der Waals surface area contributed by atoms with Gasteiger partial charge in [-0.15, -0.1) is 0 Å². The van der Waals surface area contributed by atoms with Crippen molar-refractivity contribution in [2.75, 3.05) is 6.61 Å². The number of rotatable bonds is 7. The van der Waals surface area contributed by atoms with Gasteiger partial charge >= 0.3 is 5.97 Å². The molecule has 1 aliphatic rings. The maximum absolute atomic E-state index is 12.2. The molecule has 1 aromatic heterocycles. The average molecular weight is 336 g/mol. The van der Waals surface area contributed by atoms with Crippen LogP contribution >= 0.6 is 0 Å². The molecule has 1 aliphatic carbocycles. The highest BCUT2D eigenvalue weighted by molar-refractivity contribution is 5.85. The molecule has 0 atom stereocenters. The van der Waals surface area contributed by atoms with Crippen molar-refractivity contribution in [3.8, 4) is 5.88 Å². The van der Waals surface area contributed by atoms with Crippen molar-refractivity contribution < 1.29 is 19.4 Å². The molecule has 0 aromatic carbocycles. The molecule has 0 spiro atoms. The van der Waals surface area contributed by atoms with Crippen LogP contribution in [0.3, 0.4) is 0 Å². The van der Waals surface area contributed by atoms with Crippen LogP contribution in [0.4, 0.5) is 0 Å². The molecule has 8 nitrogen and oxygen atoms in total. The lowest BCUT2D eigenvalue weighted by molar-refractivity contribution is -0.122. The van der Waals surface area contributed by atoms with Gasteiger partial charge in [0.1, 0.15) is 13.2 Å². The highest BCUT2D eigenvalue weighted by atomic mass is 16.5. The van der Waals surface area contributed by atoms with Crippen molar-refractivity contribution >= 4 is 11.9 Å². The van der Waals surface area contributed by atoms with E-state index in [1.807, 2.05) is 0 Å². The van der Waals surface area contributed by atoms with Gasteiger partial charge < -0.3 is 20.9 Å². The fraction of sp³-hybridized carbons (Fsp3) is 0.562. The Morgan fingerprint density at radius 3 is 2.79 bits per heavy atom. The largest absolute Gasteiger partial charge is 0.476 e. The average Bonchev–Trinajstić information content (AvgIpc) is 2.96. The van der Waals surface area contributed by atoms with Gasteiger partial charge in [-0.2, -0.15) is 5.10 Å². The van der Waals surface area contributed by atoms with Crippen LogP contribution in [-0.4, -0.2) is 39.4 Å². The van der Waals surface area contributed by atoms with E-state index in [0.717, 1.165) is 31.3 Å². The molecule has 24 heavy (non-hydrogen) atoms. The molecule has 0 aliphatic heterocycles. The highest BCUT2D eigenvalue weighted by Crippen LogP contribution is 2.18. The van der Waals surface area contributed by atoms with Crippen molar-refractivity contribution in [3.63, 3.8) is 0 Å².